The Morgan fingerprint density at radius 2 is 2.00 bits per heavy atom. The summed E-state index contributed by atoms with van der Waals surface area (Å²) >= 11 is 0. The predicted molar refractivity (Wildman–Crippen MR) is 104 cm³/mol. The molecule has 1 unspecified atom stereocenters. The van der Waals surface area contributed by atoms with E-state index in [4.69, 9.17) is 4.74 Å². The number of rotatable bonds is 5. The fraction of sp³-hybridized carbons (Fsp3) is 0.350. The second-order valence-corrected chi connectivity index (χ2v) is 8.66. The van der Waals surface area contributed by atoms with Gasteiger partial charge >= 0.3 is 0 Å². The topological polar surface area (TPSA) is 73.2 Å². The molecule has 1 saturated heterocycles. The third kappa shape index (κ3) is 3.62. The van der Waals surface area contributed by atoms with Crippen LogP contribution < -0.4 is 10.1 Å². The van der Waals surface area contributed by atoms with Crippen LogP contribution >= 0.6 is 0 Å². The Bertz CT molecular complexity index is 1070. The zero-order valence-electron chi connectivity index (χ0n) is 15.3. The summed E-state index contributed by atoms with van der Waals surface area (Å²) in [6.07, 6.45) is 6.07. The molecule has 6 nitrogen and oxygen atoms in total. The van der Waals surface area contributed by atoms with Gasteiger partial charge < -0.3 is 10.1 Å². The van der Waals surface area contributed by atoms with Gasteiger partial charge in [-0.2, -0.15) is 17.6 Å². The number of aromatic nitrogens is 2. The maximum atomic E-state index is 14.1. The average molecular weight is 403 g/mol. The minimum atomic E-state index is -4.15. The van der Waals surface area contributed by atoms with E-state index in [1.54, 1.807) is 18.2 Å². The lowest BCUT2D eigenvalue weighted by Crippen LogP contribution is -2.33. The quantitative estimate of drug-likeness (QED) is 0.707. The molecule has 3 aromatic rings. The van der Waals surface area contributed by atoms with E-state index >= 15 is 0 Å². The van der Waals surface area contributed by atoms with Crippen LogP contribution in [0.3, 0.4) is 0 Å². The van der Waals surface area contributed by atoms with Crippen molar-refractivity contribution in [2.75, 3.05) is 13.2 Å². The summed E-state index contributed by atoms with van der Waals surface area (Å²) in [6, 6.07) is 10.7. The highest BCUT2D eigenvalue weighted by atomic mass is 32.2. The molecule has 0 radical (unpaired) electrons. The van der Waals surface area contributed by atoms with Crippen LogP contribution in [0.25, 0.3) is 10.9 Å². The Labute approximate surface area is 163 Å². The van der Waals surface area contributed by atoms with E-state index in [0.717, 1.165) is 23.1 Å². The lowest BCUT2D eigenvalue weighted by Gasteiger charge is -2.17. The van der Waals surface area contributed by atoms with Gasteiger partial charge in [0, 0.05) is 6.04 Å². The van der Waals surface area contributed by atoms with E-state index in [-0.39, 0.29) is 6.04 Å². The highest BCUT2D eigenvalue weighted by Gasteiger charge is 2.24. The number of hydrogen-bond donors (Lipinski definition) is 1. The molecule has 2 heterocycles. The van der Waals surface area contributed by atoms with E-state index < -0.39 is 20.7 Å². The summed E-state index contributed by atoms with van der Waals surface area (Å²) in [6.45, 7) is 1.49. The zero-order chi connectivity index (χ0) is 19.6. The van der Waals surface area contributed by atoms with Crippen molar-refractivity contribution in [1.29, 1.82) is 0 Å². The van der Waals surface area contributed by atoms with Crippen LogP contribution in [0.15, 0.2) is 53.6 Å². The molecule has 0 spiro atoms. The number of fused-ring (bicyclic) bond motifs is 1. The molecule has 1 fully saturated rings. The summed E-state index contributed by atoms with van der Waals surface area (Å²) in [4.78, 5) is -0.408. The van der Waals surface area contributed by atoms with Crippen LogP contribution in [-0.4, -0.2) is 36.8 Å². The molecule has 4 rings (SSSR count). The van der Waals surface area contributed by atoms with Crippen LogP contribution in [-0.2, 0) is 10.0 Å². The van der Waals surface area contributed by atoms with Crippen molar-refractivity contribution in [2.45, 2.75) is 36.6 Å². The third-order valence-corrected chi connectivity index (χ3v) is 6.62. The van der Waals surface area contributed by atoms with Crippen LogP contribution in [0.4, 0.5) is 4.39 Å². The van der Waals surface area contributed by atoms with Crippen molar-refractivity contribution in [1.82, 2.24) is 14.5 Å². The van der Waals surface area contributed by atoms with Crippen molar-refractivity contribution < 1.29 is 17.5 Å². The molecule has 1 aromatic heterocycles. The first-order valence-electron chi connectivity index (χ1n) is 9.40. The van der Waals surface area contributed by atoms with Gasteiger partial charge in [-0.15, -0.1) is 0 Å². The monoisotopic (exact) mass is 403 g/mol. The molecule has 1 aliphatic heterocycles. The molecule has 1 aliphatic rings. The standard InChI is InChI=1S/C20H22FN3O3S/c21-17-8-3-4-11-20(17)28(25,26)24-18-9-6-10-19(16(18)13-23-24)27-14-15-7-2-1-5-12-22-15/h3-4,6,8-11,13,15,22H,1-2,5,7,12,14H2. The van der Waals surface area contributed by atoms with E-state index in [1.807, 2.05) is 0 Å². The number of nitrogens with one attached hydrogen (secondary N) is 1. The number of benzene rings is 2. The molecule has 2 aromatic carbocycles. The Morgan fingerprint density at radius 1 is 1.14 bits per heavy atom. The summed E-state index contributed by atoms with van der Waals surface area (Å²) in [7, 11) is -4.15. The number of ether oxygens (including phenoxy) is 1. The Morgan fingerprint density at radius 3 is 2.86 bits per heavy atom. The molecular weight excluding hydrogens is 381 g/mol. The SMILES string of the molecule is O=S(=O)(c1ccccc1F)n1ncc2c(OCC3CCCCCN3)cccc21. The first-order valence-corrected chi connectivity index (χ1v) is 10.8. The van der Waals surface area contributed by atoms with Crippen LogP contribution in [0.1, 0.15) is 25.7 Å². The van der Waals surface area contributed by atoms with Crippen molar-refractivity contribution in [3.8, 4) is 5.75 Å². The van der Waals surface area contributed by atoms with Gasteiger partial charge in [-0.3, -0.25) is 0 Å². The van der Waals surface area contributed by atoms with Gasteiger partial charge in [0.1, 0.15) is 23.1 Å². The molecule has 0 saturated carbocycles. The molecule has 1 atom stereocenters. The van der Waals surface area contributed by atoms with Gasteiger partial charge in [-0.05, 0) is 43.7 Å². The summed E-state index contributed by atoms with van der Waals surface area (Å²) < 4.78 is 46.7. The van der Waals surface area contributed by atoms with Gasteiger partial charge in [-0.25, -0.2) is 4.39 Å². The molecule has 0 amide bonds. The zero-order valence-corrected chi connectivity index (χ0v) is 16.2. The third-order valence-electron chi connectivity index (χ3n) is 4.99. The van der Waals surface area contributed by atoms with E-state index in [1.165, 1.54) is 43.7 Å². The second-order valence-electron chi connectivity index (χ2n) is 6.92. The first kappa shape index (κ1) is 18.9. The van der Waals surface area contributed by atoms with Crippen molar-refractivity contribution in [2.24, 2.45) is 0 Å². The van der Waals surface area contributed by atoms with Gasteiger partial charge in [0.2, 0.25) is 0 Å². The van der Waals surface area contributed by atoms with Crippen LogP contribution in [0, 0.1) is 5.82 Å². The maximum Gasteiger partial charge on any atom is 0.286 e. The molecule has 1 N–H and O–H groups in total. The van der Waals surface area contributed by atoms with E-state index in [9.17, 15) is 12.8 Å². The first-order chi connectivity index (χ1) is 13.6. The minimum absolute atomic E-state index is 0.273. The van der Waals surface area contributed by atoms with Gasteiger partial charge in [-0.1, -0.05) is 31.0 Å². The van der Waals surface area contributed by atoms with Gasteiger partial charge in [0.15, 0.2) is 0 Å². The van der Waals surface area contributed by atoms with Crippen molar-refractivity contribution >= 4 is 20.9 Å². The van der Waals surface area contributed by atoms with Crippen molar-refractivity contribution in [3.63, 3.8) is 0 Å². The number of nitrogens with zero attached hydrogens (tertiary/aromatic N) is 2. The Hall–Kier alpha value is -2.45. The smallest absolute Gasteiger partial charge is 0.286 e. The fourth-order valence-corrected chi connectivity index (χ4v) is 4.84. The Balaban J connectivity index is 1.64. The maximum absolute atomic E-state index is 14.1. The summed E-state index contributed by atoms with van der Waals surface area (Å²) in [5.41, 5.74) is 0.356. The number of hydrogen-bond acceptors (Lipinski definition) is 5. The van der Waals surface area contributed by atoms with Gasteiger partial charge in [0.25, 0.3) is 10.0 Å². The highest BCUT2D eigenvalue weighted by Crippen LogP contribution is 2.28. The highest BCUT2D eigenvalue weighted by molar-refractivity contribution is 7.90. The molecule has 0 bridgehead atoms. The average Bonchev–Trinajstić information content (AvgIpc) is 2.97. The Kier molecular flexibility index (Phi) is 5.32. The largest absolute Gasteiger partial charge is 0.491 e. The molecule has 148 valence electrons. The van der Waals surface area contributed by atoms with Gasteiger partial charge in [0.05, 0.1) is 17.1 Å². The van der Waals surface area contributed by atoms with Crippen LogP contribution in [0.2, 0.25) is 0 Å². The van der Waals surface area contributed by atoms with Crippen molar-refractivity contribution in [3.05, 3.63) is 54.5 Å². The summed E-state index contributed by atoms with van der Waals surface area (Å²) in [5, 5.41) is 8.07. The molecular formula is C20H22FN3O3S. The molecule has 0 aliphatic carbocycles. The summed E-state index contributed by atoms with van der Waals surface area (Å²) in [5.74, 6) is -0.239. The lowest BCUT2D eigenvalue weighted by atomic mass is 10.1. The minimum Gasteiger partial charge on any atom is -0.491 e. The normalized spacial score (nSPS) is 18.1. The molecule has 8 heteroatoms. The van der Waals surface area contributed by atoms with Crippen LogP contribution in [0.5, 0.6) is 5.75 Å². The number of halogens is 1. The predicted octanol–water partition coefficient (Wildman–Crippen LogP) is 3.32. The second kappa shape index (κ2) is 7.89. The van der Waals surface area contributed by atoms with E-state index in [0.29, 0.717) is 23.3 Å². The van der Waals surface area contributed by atoms with E-state index in [2.05, 4.69) is 10.4 Å². The lowest BCUT2D eigenvalue weighted by molar-refractivity contribution is 0.264. The fourth-order valence-electron chi connectivity index (χ4n) is 3.50. The molecule has 28 heavy (non-hydrogen) atoms.